The summed E-state index contributed by atoms with van der Waals surface area (Å²) in [6.07, 6.45) is 0. The summed E-state index contributed by atoms with van der Waals surface area (Å²) in [5.74, 6) is 1.69. The van der Waals surface area contributed by atoms with E-state index in [1.807, 2.05) is 0 Å². The Morgan fingerprint density at radius 1 is 1.10 bits per heavy atom. The fraction of sp³-hybridized carbons (Fsp3) is 0.350. The van der Waals surface area contributed by atoms with Crippen molar-refractivity contribution in [3.8, 4) is 11.4 Å². The van der Waals surface area contributed by atoms with E-state index in [0.29, 0.717) is 11.4 Å². The lowest BCUT2D eigenvalue weighted by Crippen LogP contribution is -2.21. The van der Waals surface area contributed by atoms with Gasteiger partial charge in [0.2, 0.25) is 5.95 Å². The summed E-state index contributed by atoms with van der Waals surface area (Å²) in [5.41, 5.74) is 8.18. The standard InChI is InChI=1S/C20H25N9OS/c1-4-27(5-2)15-9-7-13(8-10-15)17-24-25-20(28(17)6-3)31-12-14-11-16(30)29-19(22-14)23-18(21)26-29/h7-11H,4-6,12H2,1-3H3,(H3,21,22,23,26). The number of aromatic amines is 1. The molecule has 4 rings (SSSR count). The molecule has 0 amide bonds. The highest BCUT2D eigenvalue weighted by molar-refractivity contribution is 7.98. The highest BCUT2D eigenvalue weighted by Gasteiger charge is 2.15. The molecule has 0 bridgehead atoms. The van der Waals surface area contributed by atoms with Crippen molar-refractivity contribution in [3.63, 3.8) is 0 Å². The summed E-state index contributed by atoms with van der Waals surface area (Å²) in [4.78, 5) is 22.9. The number of benzene rings is 1. The Morgan fingerprint density at radius 2 is 1.84 bits per heavy atom. The van der Waals surface area contributed by atoms with Crippen LogP contribution in [0.4, 0.5) is 11.6 Å². The molecule has 0 spiro atoms. The first-order valence-corrected chi connectivity index (χ1v) is 11.2. The number of H-pyrrole nitrogens is 1. The summed E-state index contributed by atoms with van der Waals surface area (Å²) in [6, 6.07) is 9.86. The summed E-state index contributed by atoms with van der Waals surface area (Å²) < 4.78 is 3.28. The van der Waals surface area contributed by atoms with E-state index < -0.39 is 0 Å². The van der Waals surface area contributed by atoms with Crippen LogP contribution in [0.15, 0.2) is 40.3 Å². The molecule has 0 aliphatic carbocycles. The van der Waals surface area contributed by atoms with Gasteiger partial charge in [-0.25, -0.2) is 4.98 Å². The second kappa shape index (κ2) is 8.80. The minimum Gasteiger partial charge on any atom is -0.372 e. The summed E-state index contributed by atoms with van der Waals surface area (Å²) in [7, 11) is 0. The van der Waals surface area contributed by atoms with Crippen LogP contribution in [0.5, 0.6) is 0 Å². The Balaban J connectivity index is 1.55. The molecule has 0 radical (unpaired) electrons. The van der Waals surface area contributed by atoms with Crippen molar-refractivity contribution >= 4 is 29.2 Å². The van der Waals surface area contributed by atoms with Crippen LogP contribution in [0.1, 0.15) is 26.5 Å². The molecule has 0 saturated carbocycles. The number of nitrogen functional groups attached to an aromatic ring is 1. The average molecular weight is 440 g/mol. The molecule has 0 aliphatic rings. The highest BCUT2D eigenvalue weighted by atomic mass is 32.2. The van der Waals surface area contributed by atoms with Gasteiger partial charge >= 0.3 is 0 Å². The molecule has 0 fully saturated rings. The quantitative estimate of drug-likeness (QED) is 0.401. The van der Waals surface area contributed by atoms with Gasteiger partial charge in [-0.15, -0.1) is 10.2 Å². The Hall–Kier alpha value is -3.34. The smallest absolute Gasteiger partial charge is 0.274 e. The van der Waals surface area contributed by atoms with E-state index >= 15 is 0 Å². The fourth-order valence-corrected chi connectivity index (χ4v) is 4.36. The van der Waals surface area contributed by atoms with E-state index in [0.717, 1.165) is 36.2 Å². The van der Waals surface area contributed by atoms with Gasteiger partial charge in [0, 0.05) is 42.7 Å². The van der Waals surface area contributed by atoms with Crippen LogP contribution >= 0.6 is 11.8 Å². The van der Waals surface area contributed by atoms with Gasteiger partial charge in [-0.1, -0.05) is 11.8 Å². The molecule has 31 heavy (non-hydrogen) atoms. The fourth-order valence-electron chi connectivity index (χ4n) is 3.46. The van der Waals surface area contributed by atoms with Crippen molar-refractivity contribution in [2.45, 2.75) is 38.2 Å². The average Bonchev–Trinajstić information content (AvgIpc) is 3.36. The maximum atomic E-state index is 12.2. The summed E-state index contributed by atoms with van der Waals surface area (Å²) >= 11 is 1.48. The van der Waals surface area contributed by atoms with Gasteiger partial charge in [0.05, 0.1) is 5.69 Å². The largest absolute Gasteiger partial charge is 0.372 e. The molecule has 0 unspecified atom stereocenters. The monoisotopic (exact) mass is 439 g/mol. The third-order valence-electron chi connectivity index (χ3n) is 5.04. The molecule has 3 N–H and O–H groups in total. The Bertz CT molecular complexity index is 1240. The first-order chi connectivity index (χ1) is 15.0. The molecule has 162 valence electrons. The zero-order valence-electron chi connectivity index (χ0n) is 17.7. The van der Waals surface area contributed by atoms with Gasteiger partial charge in [0.25, 0.3) is 11.3 Å². The van der Waals surface area contributed by atoms with Crippen molar-refractivity contribution in [2.24, 2.45) is 0 Å². The molecule has 11 heteroatoms. The lowest BCUT2D eigenvalue weighted by atomic mass is 10.2. The highest BCUT2D eigenvalue weighted by Crippen LogP contribution is 2.27. The van der Waals surface area contributed by atoms with Gasteiger partial charge in [-0.3, -0.25) is 9.89 Å². The van der Waals surface area contributed by atoms with Gasteiger partial charge in [-0.2, -0.15) is 9.50 Å². The molecule has 3 heterocycles. The van der Waals surface area contributed by atoms with Crippen LogP contribution < -0.4 is 16.2 Å². The molecule has 4 aromatic rings. The lowest BCUT2D eigenvalue weighted by Gasteiger charge is -2.21. The maximum Gasteiger partial charge on any atom is 0.274 e. The van der Waals surface area contributed by atoms with Crippen LogP contribution in [-0.4, -0.2) is 47.4 Å². The minimum absolute atomic E-state index is 0.150. The summed E-state index contributed by atoms with van der Waals surface area (Å²) in [6.45, 7) is 9.03. The van der Waals surface area contributed by atoms with E-state index in [9.17, 15) is 4.79 Å². The Labute approximate surface area is 183 Å². The van der Waals surface area contributed by atoms with Crippen molar-refractivity contribution in [3.05, 3.63) is 46.4 Å². The number of hydrogen-bond acceptors (Lipinski definition) is 8. The molecule has 0 aliphatic heterocycles. The Kier molecular flexibility index (Phi) is 5.94. The van der Waals surface area contributed by atoms with Gasteiger partial charge in [-0.05, 0) is 45.0 Å². The third kappa shape index (κ3) is 4.13. The van der Waals surface area contributed by atoms with E-state index in [4.69, 9.17) is 5.73 Å². The van der Waals surface area contributed by atoms with Crippen LogP contribution in [0.2, 0.25) is 0 Å². The van der Waals surface area contributed by atoms with E-state index in [1.165, 1.54) is 28.0 Å². The second-order valence-electron chi connectivity index (χ2n) is 6.89. The number of rotatable bonds is 8. The molecule has 10 nitrogen and oxygen atoms in total. The van der Waals surface area contributed by atoms with Crippen LogP contribution in [0, 0.1) is 0 Å². The van der Waals surface area contributed by atoms with Crippen LogP contribution in [-0.2, 0) is 12.3 Å². The van der Waals surface area contributed by atoms with Crippen LogP contribution in [0.3, 0.4) is 0 Å². The van der Waals surface area contributed by atoms with Gasteiger partial charge in [0.15, 0.2) is 11.0 Å². The van der Waals surface area contributed by atoms with Crippen molar-refractivity contribution in [1.82, 2.24) is 34.3 Å². The normalized spacial score (nSPS) is 11.3. The number of nitrogens with two attached hydrogens (primary N) is 1. The zero-order chi connectivity index (χ0) is 22.0. The number of nitrogens with one attached hydrogen (secondary N) is 1. The SMILES string of the molecule is CCN(CC)c1ccc(-c2nnc(SCc3cc(=O)n4[nH]c(N)nc4n3)n2CC)cc1. The number of hydrogen-bond donors (Lipinski definition) is 2. The van der Waals surface area contributed by atoms with Crippen molar-refractivity contribution < 1.29 is 0 Å². The lowest BCUT2D eigenvalue weighted by molar-refractivity contribution is 0.687. The maximum absolute atomic E-state index is 12.2. The number of thioether (sulfide) groups is 1. The number of aromatic nitrogens is 7. The van der Waals surface area contributed by atoms with Crippen molar-refractivity contribution in [1.29, 1.82) is 0 Å². The first-order valence-electron chi connectivity index (χ1n) is 10.2. The molecular weight excluding hydrogens is 414 g/mol. The topological polar surface area (TPSA) is 123 Å². The van der Waals surface area contributed by atoms with Crippen molar-refractivity contribution in [2.75, 3.05) is 23.7 Å². The van der Waals surface area contributed by atoms with Gasteiger partial charge < -0.3 is 15.2 Å². The predicted octanol–water partition coefficient (Wildman–Crippen LogP) is 2.42. The minimum atomic E-state index is -0.254. The Morgan fingerprint density at radius 3 is 2.52 bits per heavy atom. The van der Waals surface area contributed by atoms with E-state index in [1.54, 1.807) is 0 Å². The number of nitrogens with zero attached hydrogens (tertiary/aromatic N) is 7. The number of anilines is 2. The van der Waals surface area contributed by atoms with Gasteiger partial charge in [0.1, 0.15) is 0 Å². The predicted molar refractivity (Wildman–Crippen MR) is 122 cm³/mol. The van der Waals surface area contributed by atoms with E-state index in [2.05, 4.69) is 79.8 Å². The van der Waals surface area contributed by atoms with Crippen LogP contribution in [0.25, 0.3) is 17.2 Å². The summed E-state index contributed by atoms with van der Waals surface area (Å²) in [5, 5.41) is 12.2. The second-order valence-corrected chi connectivity index (χ2v) is 7.83. The van der Waals surface area contributed by atoms with E-state index in [-0.39, 0.29) is 17.3 Å². The molecule has 3 aromatic heterocycles. The zero-order valence-corrected chi connectivity index (χ0v) is 18.6. The molecular formula is C20H25N9OS. The third-order valence-corrected chi connectivity index (χ3v) is 6.04. The molecule has 0 saturated heterocycles. The first kappa shape index (κ1) is 20.9. The molecule has 0 atom stereocenters. The number of fused-ring (bicyclic) bond motifs is 1. The molecule has 1 aromatic carbocycles.